The molecule has 1 heterocycles. The maximum Gasteiger partial charge on any atom is 0.339 e. The lowest BCUT2D eigenvalue weighted by Gasteiger charge is -2.08. The van der Waals surface area contributed by atoms with Crippen molar-refractivity contribution in [3.63, 3.8) is 0 Å². The predicted octanol–water partition coefficient (Wildman–Crippen LogP) is 6.10. The van der Waals surface area contributed by atoms with Gasteiger partial charge in [-0.25, -0.2) is 4.79 Å². The van der Waals surface area contributed by atoms with Gasteiger partial charge in [-0.15, -0.1) is 0 Å². The number of halogens is 1. The van der Waals surface area contributed by atoms with E-state index < -0.39 is 5.63 Å². The molecule has 4 rings (SSSR count). The highest BCUT2D eigenvalue weighted by Gasteiger charge is 2.07. The van der Waals surface area contributed by atoms with Crippen LogP contribution >= 0.6 is 15.9 Å². The van der Waals surface area contributed by atoms with Crippen molar-refractivity contribution >= 4 is 38.8 Å². The van der Waals surface area contributed by atoms with Crippen LogP contribution in [0.5, 0.6) is 11.5 Å². The van der Waals surface area contributed by atoms with Crippen molar-refractivity contribution in [2.45, 2.75) is 0 Å². The first-order valence-corrected chi connectivity index (χ1v) is 9.07. The smallest absolute Gasteiger partial charge is 0.339 e. The van der Waals surface area contributed by atoms with Crippen LogP contribution in [0.1, 0.15) is 5.56 Å². The number of benzene rings is 3. The molecule has 0 unspecified atom stereocenters. The van der Waals surface area contributed by atoms with Crippen molar-refractivity contribution in [3.05, 3.63) is 99.3 Å². The molecule has 0 aliphatic heterocycles. The van der Waals surface area contributed by atoms with Crippen molar-refractivity contribution in [3.8, 4) is 11.5 Å². The van der Waals surface area contributed by atoms with E-state index in [2.05, 4.69) is 20.9 Å². The Bertz CT molecular complexity index is 1160. The van der Waals surface area contributed by atoms with E-state index in [1.54, 1.807) is 12.3 Å². The monoisotopic (exact) mass is 419 g/mol. The van der Waals surface area contributed by atoms with Gasteiger partial charge in [-0.05, 0) is 54.1 Å². The molecular weight excluding hydrogens is 406 g/mol. The summed E-state index contributed by atoms with van der Waals surface area (Å²) in [4.78, 5) is 16.2. The number of ether oxygens (including phenoxy) is 1. The Kier molecular flexibility index (Phi) is 4.85. The third-order valence-electron chi connectivity index (χ3n) is 3.91. The van der Waals surface area contributed by atoms with Crippen LogP contribution in [0.25, 0.3) is 11.0 Å². The molecule has 0 bridgehead atoms. The second kappa shape index (κ2) is 7.60. The minimum Gasteiger partial charge on any atom is -0.456 e. The van der Waals surface area contributed by atoms with Gasteiger partial charge in [-0.3, -0.25) is 4.99 Å². The zero-order valence-electron chi connectivity index (χ0n) is 14.1. The maximum atomic E-state index is 11.7. The molecular formula is C22H14BrNO3. The number of hydrogen-bond donors (Lipinski definition) is 0. The Labute approximate surface area is 163 Å². The molecule has 4 nitrogen and oxygen atoms in total. The molecule has 4 aromatic rings. The fourth-order valence-electron chi connectivity index (χ4n) is 2.59. The summed E-state index contributed by atoms with van der Waals surface area (Å²) in [5, 5.41) is 0.745. The molecule has 27 heavy (non-hydrogen) atoms. The first-order valence-electron chi connectivity index (χ1n) is 8.28. The van der Waals surface area contributed by atoms with Gasteiger partial charge >= 0.3 is 5.63 Å². The molecule has 0 radical (unpaired) electrons. The number of aliphatic imine (C=N–C) groups is 1. The summed E-state index contributed by atoms with van der Waals surface area (Å²) >= 11 is 3.41. The van der Waals surface area contributed by atoms with E-state index in [1.807, 2.05) is 66.7 Å². The molecule has 0 N–H and O–H groups in total. The van der Waals surface area contributed by atoms with Gasteiger partial charge in [0, 0.05) is 10.7 Å². The van der Waals surface area contributed by atoms with Crippen molar-refractivity contribution in [2.24, 2.45) is 4.99 Å². The molecule has 0 spiro atoms. The van der Waals surface area contributed by atoms with Gasteiger partial charge < -0.3 is 9.15 Å². The normalized spacial score (nSPS) is 11.1. The molecule has 0 saturated heterocycles. The van der Waals surface area contributed by atoms with Crippen molar-refractivity contribution < 1.29 is 9.15 Å². The third kappa shape index (κ3) is 4.15. The Hall–Kier alpha value is -3.18. The highest BCUT2D eigenvalue weighted by atomic mass is 79.9. The fourth-order valence-corrected chi connectivity index (χ4v) is 2.86. The van der Waals surface area contributed by atoms with E-state index in [0.29, 0.717) is 17.1 Å². The van der Waals surface area contributed by atoms with Crippen LogP contribution < -0.4 is 10.4 Å². The quantitative estimate of drug-likeness (QED) is 0.296. The molecule has 3 aromatic carbocycles. The average molecular weight is 420 g/mol. The van der Waals surface area contributed by atoms with E-state index in [0.717, 1.165) is 21.1 Å². The first kappa shape index (κ1) is 17.2. The second-order valence-electron chi connectivity index (χ2n) is 5.83. The molecule has 1 aromatic heterocycles. The van der Waals surface area contributed by atoms with E-state index in [9.17, 15) is 4.79 Å². The highest BCUT2D eigenvalue weighted by Crippen LogP contribution is 2.29. The minimum atomic E-state index is -0.445. The van der Waals surface area contributed by atoms with Crippen LogP contribution in [-0.4, -0.2) is 6.21 Å². The SMILES string of the molecule is O=c1cc(Oc2ccc(N=Cc3ccc(Br)cc3)cc2)c2ccccc2o1. The average Bonchev–Trinajstić information content (AvgIpc) is 2.68. The van der Waals surface area contributed by atoms with Gasteiger partial charge in [0.2, 0.25) is 0 Å². The van der Waals surface area contributed by atoms with E-state index in [-0.39, 0.29) is 0 Å². The van der Waals surface area contributed by atoms with Crippen LogP contribution in [0.3, 0.4) is 0 Å². The van der Waals surface area contributed by atoms with Gasteiger partial charge in [0.15, 0.2) is 0 Å². The molecule has 0 amide bonds. The summed E-state index contributed by atoms with van der Waals surface area (Å²) in [7, 11) is 0. The first-order chi connectivity index (χ1) is 13.2. The van der Waals surface area contributed by atoms with Crippen LogP contribution in [0.15, 0.2) is 97.5 Å². The zero-order chi connectivity index (χ0) is 18.6. The largest absolute Gasteiger partial charge is 0.456 e. The van der Waals surface area contributed by atoms with Crippen LogP contribution in [0, 0.1) is 0 Å². The summed E-state index contributed by atoms with van der Waals surface area (Å²) < 4.78 is 12.1. The van der Waals surface area contributed by atoms with Crippen LogP contribution in [-0.2, 0) is 0 Å². The van der Waals surface area contributed by atoms with Gasteiger partial charge in [-0.1, -0.05) is 40.2 Å². The highest BCUT2D eigenvalue weighted by molar-refractivity contribution is 9.10. The lowest BCUT2D eigenvalue weighted by atomic mass is 10.2. The molecule has 132 valence electrons. The number of fused-ring (bicyclic) bond motifs is 1. The van der Waals surface area contributed by atoms with Crippen molar-refractivity contribution in [1.29, 1.82) is 0 Å². The predicted molar refractivity (Wildman–Crippen MR) is 110 cm³/mol. The third-order valence-corrected chi connectivity index (χ3v) is 4.44. The van der Waals surface area contributed by atoms with E-state index in [4.69, 9.17) is 9.15 Å². The second-order valence-corrected chi connectivity index (χ2v) is 6.75. The Morgan fingerprint density at radius 3 is 2.44 bits per heavy atom. The number of nitrogens with zero attached hydrogens (tertiary/aromatic N) is 1. The van der Waals surface area contributed by atoms with Crippen LogP contribution in [0.4, 0.5) is 5.69 Å². The minimum absolute atomic E-state index is 0.445. The van der Waals surface area contributed by atoms with Crippen molar-refractivity contribution in [1.82, 2.24) is 0 Å². The van der Waals surface area contributed by atoms with E-state index >= 15 is 0 Å². The molecule has 0 aliphatic rings. The van der Waals surface area contributed by atoms with Crippen LogP contribution in [0.2, 0.25) is 0 Å². The lowest BCUT2D eigenvalue weighted by Crippen LogP contribution is -1.98. The molecule has 0 atom stereocenters. The van der Waals surface area contributed by atoms with Gasteiger partial charge in [0.05, 0.1) is 17.1 Å². The summed E-state index contributed by atoms with van der Waals surface area (Å²) in [5.74, 6) is 1.08. The molecule has 0 fully saturated rings. The number of rotatable bonds is 4. The summed E-state index contributed by atoms with van der Waals surface area (Å²) in [6.45, 7) is 0. The maximum absolute atomic E-state index is 11.7. The van der Waals surface area contributed by atoms with E-state index in [1.165, 1.54) is 6.07 Å². The molecule has 5 heteroatoms. The number of para-hydroxylation sites is 1. The van der Waals surface area contributed by atoms with Gasteiger partial charge in [0.25, 0.3) is 0 Å². The van der Waals surface area contributed by atoms with Crippen molar-refractivity contribution in [2.75, 3.05) is 0 Å². The standard InChI is InChI=1S/C22H14BrNO3/c23-16-7-5-15(6-8-16)14-24-17-9-11-18(12-10-17)26-21-13-22(25)27-20-4-2-1-3-19(20)21/h1-14H. The Morgan fingerprint density at radius 2 is 1.67 bits per heavy atom. The summed E-state index contributed by atoms with van der Waals surface area (Å²) in [6.07, 6.45) is 1.80. The van der Waals surface area contributed by atoms with Gasteiger partial charge in [0.1, 0.15) is 17.1 Å². The lowest BCUT2D eigenvalue weighted by molar-refractivity contribution is 0.475. The topological polar surface area (TPSA) is 51.8 Å². The number of hydrogen-bond acceptors (Lipinski definition) is 4. The zero-order valence-corrected chi connectivity index (χ0v) is 15.7. The van der Waals surface area contributed by atoms with Gasteiger partial charge in [-0.2, -0.15) is 0 Å². The summed E-state index contributed by atoms with van der Waals surface area (Å²) in [5.41, 5.74) is 1.87. The Morgan fingerprint density at radius 1 is 0.926 bits per heavy atom. The molecule has 0 saturated carbocycles. The summed E-state index contributed by atoms with van der Waals surface area (Å²) in [6, 6.07) is 23.9. The Balaban J connectivity index is 1.55. The molecule has 0 aliphatic carbocycles. The fraction of sp³-hybridized carbons (Fsp3) is 0.